The molecule has 138 valence electrons. The van der Waals surface area contributed by atoms with E-state index in [9.17, 15) is 14.0 Å². The van der Waals surface area contributed by atoms with E-state index in [4.69, 9.17) is 0 Å². The Morgan fingerprint density at radius 3 is 2.67 bits per heavy atom. The van der Waals surface area contributed by atoms with Gasteiger partial charge >= 0.3 is 0 Å². The van der Waals surface area contributed by atoms with Crippen molar-refractivity contribution in [1.29, 1.82) is 0 Å². The number of aromatic nitrogens is 1. The predicted octanol–water partition coefficient (Wildman–Crippen LogP) is 2.23. The molecular weight excluding hydrogens is 345 g/mol. The Morgan fingerprint density at radius 1 is 1.07 bits per heavy atom. The monoisotopic (exact) mass is 365 g/mol. The van der Waals surface area contributed by atoms with Crippen LogP contribution in [0.25, 0.3) is 10.9 Å². The zero-order chi connectivity index (χ0) is 18.8. The summed E-state index contributed by atoms with van der Waals surface area (Å²) in [5.74, 6) is -0.785. The van der Waals surface area contributed by atoms with E-state index in [1.165, 1.54) is 12.1 Å². The van der Waals surface area contributed by atoms with Crippen LogP contribution >= 0.6 is 0 Å². The maximum Gasteiger partial charge on any atom is 0.256 e. The van der Waals surface area contributed by atoms with E-state index >= 15 is 0 Å². The van der Waals surface area contributed by atoms with Gasteiger partial charge in [-0.15, -0.1) is 0 Å². The van der Waals surface area contributed by atoms with E-state index in [2.05, 4.69) is 5.32 Å². The molecule has 4 rings (SSSR count). The number of fused-ring (bicyclic) bond motifs is 1. The standard InChI is InChI=1S/C21H20FN3O2/c22-18-6-5-15(13-17(18)21(27)24-11-8-23-9-12-24)14-25-10-7-20(26)16-3-1-2-4-19(16)25/h1-7,10,13,23H,8-9,11-12,14H2. The molecular formula is C21H20FN3O2. The summed E-state index contributed by atoms with van der Waals surface area (Å²) in [5.41, 5.74) is 1.68. The lowest BCUT2D eigenvalue weighted by molar-refractivity contribution is 0.0731. The first-order valence-corrected chi connectivity index (χ1v) is 9.00. The Bertz CT molecular complexity index is 1050. The largest absolute Gasteiger partial charge is 0.343 e. The highest BCUT2D eigenvalue weighted by Gasteiger charge is 2.21. The lowest BCUT2D eigenvalue weighted by Crippen LogP contribution is -2.46. The molecule has 0 bridgehead atoms. The highest BCUT2D eigenvalue weighted by atomic mass is 19.1. The van der Waals surface area contributed by atoms with E-state index in [1.54, 1.807) is 29.3 Å². The molecule has 1 saturated heterocycles. The molecule has 0 spiro atoms. The highest BCUT2D eigenvalue weighted by Crippen LogP contribution is 2.17. The molecule has 2 heterocycles. The van der Waals surface area contributed by atoms with Gasteiger partial charge in [-0.25, -0.2) is 4.39 Å². The molecule has 2 aromatic carbocycles. The van der Waals surface area contributed by atoms with E-state index < -0.39 is 5.82 Å². The second-order valence-corrected chi connectivity index (χ2v) is 6.68. The molecule has 1 amide bonds. The lowest BCUT2D eigenvalue weighted by Gasteiger charge is -2.27. The van der Waals surface area contributed by atoms with Crippen LogP contribution in [-0.4, -0.2) is 41.6 Å². The summed E-state index contributed by atoms with van der Waals surface area (Å²) in [4.78, 5) is 26.4. The minimum Gasteiger partial charge on any atom is -0.343 e. The number of amides is 1. The topological polar surface area (TPSA) is 54.3 Å². The summed E-state index contributed by atoms with van der Waals surface area (Å²) in [6, 6.07) is 13.5. The van der Waals surface area contributed by atoms with Crippen LogP contribution in [0.4, 0.5) is 4.39 Å². The molecule has 1 N–H and O–H groups in total. The molecule has 0 atom stereocenters. The van der Waals surface area contributed by atoms with Gasteiger partial charge in [-0.2, -0.15) is 0 Å². The van der Waals surface area contributed by atoms with E-state index in [0.29, 0.717) is 25.0 Å². The third kappa shape index (κ3) is 3.48. The molecule has 27 heavy (non-hydrogen) atoms. The zero-order valence-electron chi connectivity index (χ0n) is 14.8. The maximum absolute atomic E-state index is 14.3. The predicted molar refractivity (Wildman–Crippen MR) is 102 cm³/mol. The minimum atomic E-state index is -0.507. The van der Waals surface area contributed by atoms with Gasteiger partial charge in [0.15, 0.2) is 5.43 Å². The molecule has 5 nitrogen and oxygen atoms in total. The number of halogens is 1. The smallest absolute Gasteiger partial charge is 0.256 e. The van der Waals surface area contributed by atoms with Crippen LogP contribution < -0.4 is 10.7 Å². The number of nitrogens with zero attached hydrogens (tertiary/aromatic N) is 2. The molecule has 0 aliphatic carbocycles. The van der Waals surface area contributed by atoms with Crippen molar-refractivity contribution < 1.29 is 9.18 Å². The summed E-state index contributed by atoms with van der Waals surface area (Å²) in [6.07, 6.45) is 1.73. The van der Waals surface area contributed by atoms with E-state index in [-0.39, 0.29) is 16.9 Å². The van der Waals surface area contributed by atoms with Gasteiger partial charge < -0.3 is 14.8 Å². The third-order valence-electron chi connectivity index (χ3n) is 4.90. The first-order chi connectivity index (χ1) is 13.1. The molecule has 1 fully saturated rings. The van der Waals surface area contributed by atoms with Crippen molar-refractivity contribution in [3.05, 3.63) is 81.9 Å². The van der Waals surface area contributed by atoms with Crippen LogP contribution in [-0.2, 0) is 6.54 Å². The molecule has 0 radical (unpaired) electrons. The van der Waals surface area contributed by atoms with Crippen molar-refractivity contribution >= 4 is 16.8 Å². The summed E-state index contributed by atoms with van der Waals surface area (Å²) in [6.45, 7) is 3.04. The summed E-state index contributed by atoms with van der Waals surface area (Å²) in [5, 5.41) is 3.82. The van der Waals surface area contributed by atoms with Crippen LogP contribution in [0.2, 0.25) is 0 Å². The fraction of sp³-hybridized carbons (Fsp3) is 0.238. The van der Waals surface area contributed by atoms with Crippen LogP contribution in [0.1, 0.15) is 15.9 Å². The average Bonchev–Trinajstić information content (AvgIpc) is 2.72. The molecule has 0 unspecified atom stereocenters. The second kappa shape index (κ2) is 7.32. The number of hydrogen-bond donors (Lipinski definition) is 1. The van der Waals surface area contributed by atoms with E-state index in [0.717, 1.165) is 24.2 Å². The van der Waals surface area contributed by atoms with Crippen molar-refractivity contribution in [2.75, 3.05) is 26.2 Å². The van der Waals surface area contributed by atoms with Gasteiger partial charge in [-0.3, -0.25) is 9.59 Å². The Morgan fingerprint density at radius 2 is 1.85 bits per heavy atom. The fourth-order valence-corrected chi connectivity index (χ4v) is 3.47. The number of carbonyl (C=O) groups excluding carboxylic acids is 1. The van der Waals surface area contributed by atoms with Crippen molar-refractivity contribution in [1.82, 2.24) is 14.8 Å². The van der Waals surface area contributed by atoms with Crippen molar-refractivity contribution in [2.45, 2.75) is 6.54 Å². The molecule has 1 aliphatic rings. The Balaban J connectivity index is 1.67. The lowest BCUT2D eigenvalue weighted by atomic mass is 10.1. The number of piperazine rings is 1. The second-order valence-electron chi connectivity index (χ2n) is 6.68. The normalized spacial score (nSPS) is 14.5. The molecule has 1 aliphatic heterocycles. The third-order valence-corrected chi connectivity index (χ3v) is 4.90. The van der Waals surface area contributed by atoms with Gasteiger partial charge in [0.05, 0.1) is 11.1 Å². The van der Waals surface area contributed by atoms with Crippen molar-refractivity contribution in [3.8, 4) is 0 Å². The van der Waals surface area contributed by atoms with Crippen molar-refractivity contribution in [2.24, 2.45) is 0 Å². The quantitative estimate of drug-likeness (QED) is 0.775. The number of nitrogens with one attached hydrogen (secondary N) is 1. The zero-order valence-corrected chi connectivity index (χ0v) is 14.8. The SMILES string of the molecule is O=C(c1cc(Cn2ccc(=O)c3ccccc32)ccc1F)N1CCNCC1. The van der Waals surface area contributed by atoms with Gasteiger partial charge in [0.25, 0.3) is 5.91 Å². The Labute approximate surface area is 156 Å². The van der Waals surface area contributed by atoms with Gasteiger partial charge in [-0.1, -0.05) is 18.2 Å². The van der Waals surface area contributed by atoms with Crippen molar-refractivity contribution in [3.63, 3.8) is 0 Å². The minimum absolute atomic E-state index is 0.0319. The van der Waals surface area contributed by atoms with Gasteiger partial charge in [-0.05, 0) is 29.8 Å². The van der Waals surface area contributed by atoms with Crippen LogP contribution in [0.3, 0.4) is 0 Å². The van der Waals surface area contributed by atoms with Gasteiger partial charge in [0.1, 0.15) is 5.82 Å². The van der Waals surface area contributed by atoms with Crippen LogP contribution in [0.5, 0.6) is 0 Å². The molecule has 3 aromatic rings. The number of pyridine rings is 1. The maximum atomic E-state index is 14.3. The molecule has 6 heteroatoms. The Hall–Kier alpha value is -2.99. The molecule has 1 aromatic heterocycles. The number of carbonyl (C=O) groups is 1. The highest BCUT2D eigenvalue weighted by molar-refractivity contribution is 5.94. The number of hydrogen-bond acceptors (Lipinski definition) is 3. The first kappa shape index (κ1) is 17.4. The van der Waals surface area contributed by atoms with Crippen LogP contribution in [0, 0.1) is 5.82 Å². The number of benzene rings is 2. The van der Waals surface area contributed by atoms with Gasteiger partial charge in [0.2, 0.25) is 0 Å². The molecule has 0 saturated carbocycles. The first-order valence-electron chi connectivity index (χ1n) is 9.00. The Kier molecular flexibility index (Phi) is 4.73. The van der Waals surface area contributed by atoms with Crippen LogP contribution in [0.15, 0.2) is 59.5 Å². The fourth-order valence-electron chi connectivity index (χ4n) is 3.47. The number of para-hydroxylation sites is 1. The summed E-state index contributed by atoms with van der Waals surface area (Å²) in [7, 11) is 0. The summed E-state index contributed by atoms with van der Waals surface area (Å²) < 4.78 is 16.2. The average molecular weight is 365 g/mol. The van der Waals surface area contributed by atoms with E-state index in [1.807, 2.05) is 22.8 Å². The van der Waals surface area contributed by atoms with Gasteiger partial charge in [0, 0.05) is 50.4 Å². The summed E-state index contributed by atoms with van der Waals surface area (Å²) >= 11 is 0. The number of rotatable bonds is 3.